The second-order valence-corrected chi connectivity index (χ2v) is 10.1. The van der Waals surface area contributed by atoms with Crippen LogP contribution in [0.4, 0.5) is 0 Å². The summed E-state index contributed by atoms with van der Waals surface area (Å²) in [6, 6.07) is 24.3. The van der Waals surface area contributed by atoms with Gasteiger partial charge in [-0.1, -0.05) is 71.7 Å². The molecule has 3 aromatic rings. The number of carbonyl (C=O) groups is 2. The van der Waals surface area contributed by atoms with Crippen LogP contribution in [-0.2, 0) is 22.6 Å². The highest BCUT2D eigenvalue weighted by Crippen LogP contribution is 2.24. The number of thioether (sulfide) groups is 1. The molecule has 0 fully saturated rings. The van der Waals surface area contributed by atoms with Crippen molar-refractivity contribution in [3.8, 4) is 0 Å². The molecule has 1 atom stereocenters. The van der Waals surface area contributed by atoms with Crippen molar-refractivity contribution >= 4 is 46.8 Å². The molecule has 0 aliphatic carbocycles. The van der Waals surface area contributed by atoms with E-state index in [4.69, 9.17) is 23.2 Å². The van der Waals surface area contributed by atoms with Crippen molar-refractivity contribution in [2.24, 2.45) is 0 Å². The lowest BCUT2D eigenvalue weighted by atomic mass is 10.0. The Kier molecular flexibility index (Phi) is 11.0. The summed E-state index contributed by atoms with van der Waals surface area (Å²) in [5.74, 6) is 0.568. The predicted molar refractivity (Wildman–Crippen MR) is 146 cm³/mol. The first-order valence-electron chi connectivity index (χ1n) is 11.7. The zero-order valence-electron chi connectivity index (χ0n) is 19.8. The predicted octanol–water partition coefficient (Wildman–Crippen LogP) is 6.64. The molecule has 0 saturated heterocycles. The Morgan fingerprint density at radius 2 is 1.63 bits per heavy atom. The maximum Gasteiger partial charge on any atom is 0.243 e. The van der Waals surface area contributed by atoms with Crippen molar-refractivity contribution in [2.45, 2.75) is 43.7 Å². The normalized spacial score (nSPS) is 11.6. The van der Waals surface area contributed by atoms with E-state index in [1.54, 1.807) is 22.7 Å². The van der Waals surface area contributed by atoms with E-state index in [9.17, 15) is 9.59 Å². The van der Waals surface area contributed by atoms with Crippen LogP contribution in [-0.4, -0.2) is 35.1 Å². The molecular weight excluding hydrogens is 499 g/mol. The summed E-state index contributed by atoms with van der Waals surface area (Å²) in [6.07, 6.45) is 1.47. The molecule has 0 aliphatic heterocycles. The minimum Gasteiger partial charge on any atom is -0.355 e. The van der Waals surface area contributed by atoms with Gasteiger partial charge in [0.15, 0.2) is 0 Å². The summed E-state index contributed by atoms with van der Waals surface area (Å²) >= 11 is 14.1. The van der Waals surface area contributed by atoms with Gasteiger partial charge in [0.25, 0.3) is 0 Å². The lowest BCUT2D eigenvalue weighted by Gasteiger charge is -2.32. The molecule has 35 heavy (non-hydrogen) atoms. The SMILES string of the molecule is CCNC(=O)[C@@H](Cc1ccccc1)N(Cc1ccccc1Cl)C(=O)CCCSc1ccc(Cl)cc1. The maximum atomic E-state index is 13.5. The Hall–Kier alpha value is -2.47. The molecule has 2 amide bonds. The average molecular weight is 530 g/mol. The molecule has 0 spiro atoms. The second-order valence-electron chi connectivity index (χ2n) is 8.12. The first-order chi connectivity index (χ1) is 17.0. The van der Waals surface area contributed by atoms with Crippen LogP contribution in [0, 0.1) is 0 Å². The summed E-state index contributed by atoms with van der Waals surface area (Å²) < 4.78 is 0. The Morgan fingerprint density at radius 3 is 2.31 bits per heavy atom. The molecule has 3 rings (SSSR count). The molecule has 4 nitrogen and oxygen atoms in total. The maximum absolute atomic E-state index is 13.5. The molecular formula is C28H30Cl2N2O2S. The number of rotatable bonds is 12. The van der Waals surface area contributed by atoms with E-state index < -0.39 is 6.04 Å². The molecule has 0 aliphatic rings. The van der Waals surface area contributed by atoms with Crippen molar-refractivity contribution in [1.29, 1.82) is 0 Å². The lowest BCUT2D eigenvalue weighted by Crippen LogP contribution is -2.50. The topological polar surface area (TPSA) is 49.4 Å². The van der Waals surface area contributed by atoms with Crippen LogP contribution in [0.25, 0.3) is 0 Å². The number of hydrogen-bond donors (Lipinski definition) is 1. The first kappa shape index (κ1) is 27.1. The monoisotopic (exact) mass is 528 g/mol. The lowest BCUT2D eigenvalue weighted by molar-refractivity contribution is -0.141. The molecule has 0 saturated carbocycles. The molecule has 0 bridgehead atoms. The molecule has 0 radical (unpaired) electrons. The second kappa shape index (κ2) is 14.2. The van der Waals surface area contributed by atoms with Crippen molar-refractivity contribution in [2.75, 3.05) is 12.3 Å². The molecule has 1 N–H and O–H groups in total. The third-order valence-electron chi connectivity index (χ3n) is 5.54. The Morgan fingerprint density at radius 1 is 0.943 bits per heavy atom. The van der Waals surface area contributed by atoms with Gasteiger partial charge in [-0.2, -0.15) is 0 Å². The number of amides is 2. The van der Waals surface area contributed by atoms with Gasteiger partial charge in [0, 0.05) is 40.9 Å². The highest BCUT2D eigenvalue weighted by molar-refractivity contribution is 7.99. The number of hydrogen-bond acceptors (Lipinski definition) is 3. The average Bonchev–Trinajstić information content (AvgIpc) is 2.86. The van der Waals surface area contributed by atoms with Crippen LogP contribution in [0.3, 0.4) is 0 Å². The van der Waals surface area contributed by atoms with Gasteiger partial charge < -0.3 is 10.2 Å². The number of carbonyl (C=O) groups excluding carboxylic acids is 2. The van der Waals surface area contributed by atoms with Gasteiger partial charge in [-0.05, 0) is 60.6 Å². The molecule has 0 heterocycles. The van der Waals surface area contributed by atoms with Gasteiger partial charge in [-0.3, -0.25) is 9.59 Å². The van der Waals surface area contributed by atoms with Crippen LogP contribution < -0.4 is 5.32 Å². The minimum atomic E-state index is -0.634. The fourth-order valence-electron chi connectivity index (χ4n) is 3.74. The number of nitrogens with one attached hydrogen (secondary N) is 1. The van der Waals surface area contributed by atoms with Crippen LogP contribution in [0.2, 0.25) is 10.0 Å². The van der Waals surface area contributed by atoms with E-state index in [1.165, 1.54) is 0 Å². The van der Waals surface area contributed by atoms with Gasteiger partial charge in [-0.15, -0.1) is 11.8 Å². The quantitative estimate of drug-likeness (QED) is 0.211. The number of likely N-dealkylation sites (N-methyl/N-ethyl adjacent to an activating group) is 1. The molecule has 0 unspecified atom stereocenters. The van der Waals surface area contributed by atoms with Crippen LogP contribution in [0.5, 0.6) is 0 Å². The smallest absolute Gasteiger partial charge is 0.243 e. The van der Waals surface area contributed by atoms with E-state index in [1.807, 2.05) is 79.7 Å². The third-order valence-corrected chi connectivity index (χ3v) is 7.26. The van der Waals surface area contributed by atoms with Crippen molar-refractivity contribution in [1.82, 2.24) is 10.2 Å². The summed E-state index contributed by atoms with van der Waals surface area (Å²) in [6.45, 7) is 2.65. The summed E-state index contributed by atoms with van der Waals surface area (Å²) in [4.78, 5) is 29.5. The minimum absolute atomic E-state index is 0.0613. The Bertz CT molecular complexity index is 1090. The molecule has 184 valence electrons. The summed E-state index contributed by atoms with van der Waals surface area (Å²) in [5.41, 5.74) is 1.82. The zero-order chi connectivity index (χ0) is 25.0. The molecule has 0 aromatic heterocycles. The summed E-state index contributed by atoms with van der Waals surface area (Å²) in [5, 5.41) is 4.20. The van der Waals surface area contributed by atoms with Crippen LogP contribution >= 0.6 is 35.0 Å². The van der Waals surface area contributed by atoms with E-state index in [2.05, 4.69) is 5.32 Å². The molecule has 3 aromatic carbocycles. The van der Waals surface area contributed by atoms with Gasteiger partial charge in [0.1, 0.15) is 6.04 Å². The number of benzene rings is 3. The first-order valence-corrected chi connectivity index (χ1v) is 13.4. The highest BCUT2D eigenvalue weighted by atomic mass is 35.5. The molecule has 7 heteroatoms. The van der Waals surface area contributed by atoms with E-state index in [0.29, 0.717) is 35.9 Å². The number of nitrogens with zero attached hydrogens (tertiary/aromatic N) is 1. The van der Waals surface area contributed by atoms with Crippen molar-refractivity contribution in [3.63, 3.8) is 0 Å². The summed E-state index contributed by atoms with van der Waals surface area (Å²) in [7, 11) is 0. The van der Waals surface area contributed by atoms with Gasteiger partial charge in [0.05, 0.1) is 0 Å². The van der Waals surface area contributed by atoms with Gasteiger partial charge >= 0.3 is 0 Å². The van der Waals surface area contributed by atoms with Crippen molar-refractivity contribution in [3.05, 3.63) is 100 Å². The van der Waals surface area contributed by atoms with Crippen LogP contribution in [0.15, 0.2) is 83.8 Å². The van der Waals surface area contributed by atoms with Crippen molar-refractivity contribution < 1.29 is 9.59 Å². The van der Waals surface area contributed by atoms with E-state index in [0.717, 1.165) is 21.8 Å². The van der Waals surface area contributed by atoms with E-state index >= 15 is 0 Å². The van der Waals surface area contributed by atoms with Gasteiger partial charge in [-0.25, -0.2) is 0 Å². The Labute approximate surface area is 222 Å². The van der Waals surface area contributed by atoms with Crippen LogP contribution in [0.1, 0.15) is 30.9 Å². The van der Waals surface area contributed by atoms with E-state index in [-0.39, 0.29) is 18.4 Å². The van der Waals surface area contributed by atoms with Gasteiger partial charge in [0.2, 0.25) is 11.8 Å². The fourth-order valence-corrected chi connectivity index (χ4v) is 4.92. The fraction of sp³-hybridized carbons (Fsp3) is 0.286. The zero-order valence-corrected chi connectivity index (χ0v) is 22.1. The highest BCUT2D eigenvalue weighted by Gasteiger charge is 2.30. The number of halogens is 2. The Balaban J connectivity index is 1.77. The standard InChI is InChI=1S/C28H30Cl2N2O2S/c1-2-31-28(34)26(19-21-9-4-3-5-10-21)32(20-22-11-6-7-12-25(22)30)27(33)13-8-18-35-24-16-14-23(29)15-17-24/h3-7,9-12,14-17,26H,2,8,13,18-20H2,1H3,(H,31,34)/t26-/m1/s1. The third kappa shape index (κ3) is 8.60. The largest absolute Gasteiger partial charge is 0.355 e.